The molecule has 0 aliphatic rings. The number of benzene rings is 2. The molecule has 0 fully saturated rings. The molecule has 0 saturated heterocycles. The molecule has 0 atom stereocenters. The van der Waals surface area contributed by atoms with E-state index in [1.54, 1.807) is 19.2 Å². The van der Waals surface area contributed by atoms with E-state index in [1.165, 1.54) is 17.0 Å². The minimum Gasteiger partial charge on any atom is -0.341 e. The van der Waals surface area contributed by atoms with Crippen LogP contribution in [0.4, 0.5) is 4.39 Å². The molecule has 0 spiro atoms. The first-order valence-corrected chi connectivity index (χ1v) is 7.94. The zero-order chi connectivity index (χ0) is 17.8. The maximum absolute atomic E-state index is 13.7. The first-order valence-electron chi connectivity index (χ1n) is 7.94. The molecule has 25 heavy (non-hydrogen) atoms. The number of carbonyl (C=O) groups is 1. The molecule has 0 aliphatic heterocycles. The van der Waals surface area contributed by atoms with Gasteiger partial charge in [-0.1, -0.05) is 35.0 Å². The zero-order valence-electron chi connectivity index (χ0n) is 14.1. The lowest BCUT2D eigenvalue weighted by Gasteiger charge is -2.16. The average molecular weight is 339 g/mol. The Hall–Kier alpha value is -3.02. The minimum absolute atomic E-state index is 0.0542. The largest absolute Gasteiger partial charge is 0.341 e. The maximum atomic E-state index is 13.7. The number of likely N-dealkylation sites (N-methyl/N-ethyl adjacent to an activating group) is 1. The second-order valence-electron chi connectivity index (χ2n) is 5.84. The van der Waals surface area contributed by atoms with Crippen LogP contribution in [0.3, 0.4) is 0 Å². The van der Waals surface area contributed by atoms with Gasteiger partial charge in [0.1, 0.15) is 5.82 Å². The van der Waals surface area contributed by atoms with Gasteiger partial charge in [-0.05, 0) is 31.2 Å². The van der Waals surface area contributed by atoms with Crippen molar-refractivity contribution >= 4 is 5.91 Å². The van der Waals surface area contributed by atoms with E-state index in [1.807, 2.05) is 31.2 Å². The minimum atomic E-state index is -0.527. The zero-order valence-corrected chi connectivity index (χ0v) is 14.1. The quantitative estimate of drug-likeness (QED) is 0.714. The van der Waals surface area contributed by atoms with Gasteiger partial charge in [-0.3, -0.25) is 4.79 Å². The van der Waals surface area contributed by atoms with Gasteiger partial charge in [0.05, 0.1) is 5.56 Å². The standard InChI is InChI=1S/C19H18FN3O2/c1-13-6-5-7-14(12-13)18-21-17(22-25-18)10-11-23(2)19(24)15-8-3-4-9-16(15)20/h3-9,12H,10-11H2,1-2H3. The number of nitrogens with zero attached hydrogens (tertiary/aromatic N) is 3. The predicted molar refractivity (Wildman–Crippen MR) is 91.5 cm³/mol. The summed E-state index contributed by atoms with van der Waals surface area (Å²) in [6.45, 7) is 2.35. The number of halogens is 1. The summed E-state index contributed by atoms with van der Waals surface area (Å²) in [5.41, 5.74) is 2.01. The highest BCUT2D eigenvalue weighted by atomic mass is 19.1. The van der Waals surface area contributed by atoms with Crippen molar-refractivity contribution < 1.29 is 13.7 Å². The van der Waals surface area contributed by atoms with Crippen molar-refractivity contribution in [2.45, 2.75) is 13.3 Å². The fraction of sp³-hybridized carbons (Fsp3) is 0.211. The lowest BCUT2D eigenvalue weighted by atomic mass is 10.1. The molecule has 0 N–H and O–H groups in total. The molecule has 3 aromatic rings. The van der Waals surface area contributed by atoms with Gasteiger partial charge in [0, 0.05) is 25.6 Å². The van der Waals surface area contributed by atoms with Crippen molar-refractivity contribution in [3.05, 3.63) is 71.3 Å². The fourth-order valence-corrected chi connectivity index (χ4v) is 2.46. The summed E-state index contributed by atoms with van der Waals surface area (Å²) in [5, 5.41) is 3.95. The van der Waals surface area contributed by atoms with Gasteiger partial charge in [-0.15, -0.1) is 0 Å². The second kappa shape index (κ2) is 7.25. The molecular weight excluding hydrogens is 321 g/mol. The van der Waals surface area contributed by atoms with E-state index in [4.69, 9.17) is 4.52 Å². The van der Waals surface area contributed by atoms with Crippen LogP contribution >= 0.6 is 0 Å². The van der Waals surface area contributed by atoms with E-state index >= 15 is 0 Å². The van der Waals surface area contributed by atoms with Gasteiger partial charge >= 0.3 is 0 Å². The van der Waals surface area contributed by atoms with E-state index in [0.717, 1.165) is 11.1 Å². The number of aromatic nitrogens is 2. The summed E-state index contributed by atoms with van der Waals surface area (Å²) in [7, 11) is 1.62. The molecule has 0 radical (unpaired) electrons. The molecule has 128 valence electrons. The Morgan fingerprint density at radius 3 is 2.76 bits per heavy atom. The number of rotatable bonds is 5. The average Bonchev–Trinajstić information content (AvgIpc) is 3.08. The van der Waals surface area contributed by atoms with Crippen LogP contribution in [0.25, 0.3) is 11.5 Å². The Bertz CT molecular complexity index is 892. The van der Waals surface area contributed by atoms with E-state index < -0.39 is 5.82 Å². The predicted octanol–water partition coefficient (Wildman–Crippen LogP) is 3.50. The highest BCUT2D eigenvalue weighted by Gasteiger charge is 2.16. The van der Waals surface area contributed by atoms with Gasteiger partial charge in [0.15, 0.2) is 5.82 Å². The number of amides is 1. The normalized spacial score (nSPS) is 10.7. The summed E-state index contributed by atoms with van der Waals surface area (Å²) in [6, 6.07) is 13.7. The van der Waals surface area contributed by atoms with E-state index in [0.29, 0.717) is 24.7 Å². The Kier molecular flexibility index (Phi) is 4.88. The Morgan fingerprint density at radius 2 is 2.00 bits per heavy atom. The Morgan fingerprint density at radius 1 is 1.20 bits per heavy atom. The van der Waals surface area contributed by atoms with E-state index in [9.17, 15) is 9.18 Å². The Balaban J connectivity index is 1.64. The van der Waals surface area contributed by atoms with Crippen LogP contribution in [-0.2, 0) is 6.42 Å². The monoisotopic (exact) mass is 339 g/mol. The molecular formula is C19H18FN3O2. The lowest BCUT2D eigenvalue weighted by molar-refractivity contribution is 0.0791. The molecule has 1 heterocycles. The van der Waals surface area contributed by atoms with Crippen molar-refractivity contribution in [3.63, 3.8) is 0 Å². The van der Waals surface area contributed by atoms with Crippen molar-refractivity contribution in [1.29, 1.82) is 0 Å². The summed E-state index contributed by atoms with van der Waals surface area (Å²) in [5.74, 6) is 0.0487. The molecule has 2 aromatic carbocycles. The van der Waals surface area contributed by atoms with Gasteiger partial charge in [-0.25, -0.2) is 4.39 Å². The first-order chi connectivity index (χ1) is 12.0. The molecule has 0 aliphatic carbocycles. The molecule has 3 rings (SSSR count). The van der Waals surface area contributed by atoms with Gasteiger partial charge in [0.2, 0.25) is 0 Å². The molecule has 1 amide bonds. The number of hydrogen-bond donors (Lipinski definition) is 0. The van der Waals surface area contributed by atoms with Crippen LogP contribution in [-0.4, -0.2) is 34.5 Å². The summed E-state index contributed by atoms with van der Waals surface area (Å²) in [6.07, 6.45) is 0.423. The molecule has 5 nitrogen and oxygen atoms in total. The van der Waals surface area contributed by atoms with Gasteiger partial charge in [-0.2, -0.15) is 4.98 Å². The van der Waals surface area contributed by atoms with Gasteiger partial charge < -0.3 is 9.42 Å². The number of carbonyl (C=O) groups excluding carboxylic acids is 1. The maximum Gasteiger partial charge on any atom is 0.257 e. The van der Waals surface area contributed by atoms with Crippen molar-refractivity contribution in [2.75, 3.05) is 13.6 Å². The van der Waals surface area contributed by atoms with E-state index in [-0.39, 0.29) is 11.5 Å². The highest BCUT2D eigenvalue weighted by Crippen LogP contribution is 2.18. The molecule has 1 aromatic heterocycles. The smallest absolute Gasteiger partial charge is 0.257 e. The van der Waals surface area contributed by atoms with Crippen LogP contribution in [0.2, 0.25) is 0 Å². The topological polar surface area (TPSA) is 59.2 Å². The van der Waals surface area contributed by atoms with Crippen LogP contribution in [0, 0.1) is 12.7 Å². The van der Waals surface area contributed by atoms with Crippen molar-refractivity contribution in [3.8, 4) is 11.5 Å². The van der Waals surface area contributed by atoms with Crippen LogP contribution in [0.15, 0.2) is 53.1 Å². The number of hydrogen-bond acceptors (Lipinski definition) is 4. The Labute approximate surface area is 145 Å². The summed E-state index contributed by atoms with van der Waals surface area (Å²) >= 11 is 0. The van der Waals surface area contributed by atoms with Crippen LogP contribution in [0.5, 0.6) is 0 Å². The van der Waals surface area contributed by atoms with Crippen LogP contribution in [0.1, 0.15) is 21.7 Å². The molecule has 0 unspecified atom stereocenters. The highest BCUT2D eigenvalue weighted by molar-refractivity contribution is 5.94. The van der Waals surface area contributed by atoms with Crippen LogP contribution < -0.4 is 0 Å². The third-order valence-electron chi connectivity index (χ3n) is 3.85. The van der Waals surface area contributed by atoms with Crippen molar-refractivity contribution in [2.24, 2.45) is 0 Å². The third kappa shape index (κ3) is 3.91. The lowest BCUT2D eigenvalue weighted by Crippen LogP contribution is -2.29. The molecule has 6 heteroatoms. The van der Waals surface area contributed by atoms with Crippen molar-refractivity contribution in [1.82, 2.24) is 15.0 Å². The second-order valence-corrected chi connectivity index (χ2v) is 5.84. The summed E-state index contributed by atoms with van der Waals surface area (Å²) in [4.78, 5) is 18.1. The fourth-order valence-electron chi connectivity index (χ4n) is 2.46. The number of aryl methyl sites for hydroxylation is 1. The molecule has 0 bridgehead atoms. The summed E-state index contributed by atoms with van der Waals surface area (Å²) < 4.78 is 19.0. The third-order valence-corrected chi connectivity index (χ3v) is 3.85. The first kappa shape index (κ1) is 16.8. The SMILES string of the molecule is Cc1cccc(-c2nc(CCN(C)C(=O)c3ccccc3F)no2)c1. The molecule has 0 saturated carbocycles. The van der Waals surface area contributed by atoms with Gasteiger partial charge in [0.25, 0.3) is 11.8 Å². The van der Waals surface area contributed by atoms with E-state index in [2.05, 4.69) is 10.1 Å².